The molecule has 1 saturated carbocycles. The highest BCUT2D eigenvalue weighted by Gasteiger charge is 2.49. The van der Waals surface area contributed by atoms with Crippen molar-refractivity contribution in [3.05, 3.63) is 80.2 Å². The number of aromatic nitrogens is 1. The van der Waals surface area contributed by atoms with E-state index in [0.717, 1.165) is 72.2 Å². The summed E-state index contributed by atoms with van der Waals surface area (Å²) in [4.78, 5) is 9.39. The van der Waals surface area contributed by atoms with Crippen LogP contribution in [0.2, 0.25) is 0 Å². The lowest BCUT2D eigenvalue weighted by molar-refractivity contribution is -0.137. The first-order valence-electron chi connectivity index (χ1n) is 13.0. The van der Waals surface area contributed by atoms with Crippen LogP contribution in [0.15, 0.2) is 63.3 Å². The number of rotatable bonds is 6. The number of benzene rings is 2. The van der Waals surface area contributed by atoms with Gasteiger partial charge in [0.2, 0.25) is 0 Å². The minimum atomic E-state index is -4.52. The van der Waals surface area contributed by atoms with Gasteiger partial charge in [-0.25, -0.2) is 13.4 Å². The van der Waals surface area contributed by atoms with Gasteiger partial charge in [0.15, 0.2) is 9.84 Å². The molecule has 0 unspecified atom stereocenters. The first-order valence-corrected chi connectivity index (χ1v) is 16.2. The van der Waals surface area contributed by atoms with E-state index in [1.165, 1.54) is 0 Å². The molecule has 0 bridgehead atoms. The molecule has 2 heterocycles. The second-order valence-corrected chi connectivity index (χ2v) is 14.7. The summed E-state index contributed by atoms with van der Waals surface area (Å²) in [6, 6.07) is 11.5. The Kier molecular flexibility index (Phi) is 8.28. The van der Waals surface area contributed by atoms with Crippen molar-refractivity contribution in [1.29, 1.82) is 0 Å². The zero-order valence-electron chi connectivity index (χ0n) is 21.6. The average Bonchev–Trinajstić information content (AvgIpc) is 3.33. The van der Waals surface area contributed by atoms with Crippen LogP contribution >= 0.6 is 27.3 Å². The molecule has 1 saturated heterocycles. The highest BCUT2D eigenvalue weighted by molar-refractivity contribution is 9.10. The van der Waals surface area contributed by atoms with E-state index in [0.29, 0.717) is 31.2 Å². The molecule has 0 N–H and O–H groups in total. The predicted molar refractivity (Wildman–Crippen MR) is 150 cm³/mol. The monoisotopic (exact) mass is 641 g/mol. The third-order valence-corrected chi connectivity index (χ3v) is 12.0. The average molecular weight is 643 g/mol. The molecule has 11 heteroatoms. The third-order valence-electron chi connectivity index (χ3n) is 8.11. The number of nitrogens with zero attached hydrogens (tertiary/aromatic N) is 3. The SMILES string of the molecule is Cc1nc(CN2CCN(C3CCC(c4ccc(Br)cc4)(S(=O)(=O)c4ccc(C(F)(F)F)cc4)CC3)CC2)cs1. The van der Waals surface area contributed by atoms with Crippen LogP contribution in [0.3, 0.4) is 0 Å². The maximum atomic E-state index is 14.1. The molecule has 2 aromatic carbocycles. The molecule has 0 amide bonds. The Balaban J connectivity index is 1.33. The first-order chi connectivity index (χ1) is 18.5. The molecule has 5 rings (SSSR count). The van der Waals surface area contributed by atoms with Crippen LogP contribution in [0.25, 0.3) is 0 Å². The normalized spacial score (nSPS) is 23.7. The summed E-state index contributed by atoms with van der Waals surface area (Å²) in [6.07, 6.45) is -2.27. The standard InChI is InChI=1S/C28H31BrF3N3O2S2/c1-20-33-24(19-38-20)18-34-14-16-35(17-15-34)25-10-12-27(13-11-25,21-2-6-23(29)7-3-21)39(36,37)26-8-4-22(5-9-26)28(30,31)32/h2-9,19,25H,10-18H2,1H3. The largest absolute Gasteiger partial charge is 0.416 e. The molecular weight excluding hydrogens is 611 g/mol. The molecule has 210 valence electrons. The lowest BCUT2D eigenvalue weighted by Gasteiger charge is -2.45. The van der Waals surface area contributed by atoms with Gasteiger partial charge in [0.05, 0.1) is 21.2 Å². The van der Waals surface area contributed by atoms with Gasteiger partial charge in [-0.15, -0.1) is 11.3 Å². The van der Waals surface area contributed by atoms with Gasteiger partial charge in [-0.05, 0) is 74.6 Å². The second-order valence-electron chi connectivity index (χ2n) is 10.4. The van der Waals surface area contributed by atoms with Crippen LogP contribution in [-0.2, 0) is 27.3 Å². The first kappa shape index (κ1) is 28.7. The number of alkyl halides is 3. The maximum absolute atomic E-state index is 14.1. The maximum Gasteiger partial charge on any atom is 0.416 e. The van der Waals surface area contributed by atoms with E-state index in [4.69, 9.17) is 0 Å². The summed E-state index contributed by atoms with van der Waals surface area (Å²) >= 11 is 5.09. The van der Waals surface area contributed by atoms with Crippen LogP contribution in [0.5, 0.6) is 0 Å². The lowest BCUT2D eigenvalue weighted by atomic mass is 9.80. The number of halogens is 4. The fourth-order valence-corrected chi connectivity index (χ4v) is 8.98. The van der Waals surface area contributed by atoms with Crippen molar-refractivity contribution in [1.82, 2.24) is 14.8 Å². The van der Waals surface area contributed by atoms with E-state index in [1.54, 1.807) is 11.3 Å². The van der Waals surface area contributed by atoms with Crippen molar-refractivity contribution in [3.63, 3.8) is 0 Å². The van der Waals surface area contributed by atoms with Gasteiger partial charge < -0.3 is 0 Å². The second kappa shape index (κ2) is 11.2. The minimum Gasteiger partial charge on any atom is -0.298 e. The van der Waals surface area contributed by atoms with Gasteiger partial charge in [0.1, 0.15) is 4.75 Å². The molecule has 0 atom stereocenters. The summed E-state index contributed by atoms with van der Waals surface area (Å²) in [5.74, 6) is 0. The van der Waals surface area contributed by atoms with Crippen LogP contribution in [0.4, 0.5) is 13.2 Å². The quantitative estimate of drug-likeness (QED) is 0.301. The lowest BCUT2D eigenvalue weighted by Crippen LogP contribution is -2.52. The molecule has 1 aromatic heterocycles. The molecular formula is C28H31BrF3N3O2S2. The number of sulfone groups is 1. The van der Waals surface area contributed by atoms with Crippen LogP contribution in [0.1, 0.15) is 47.5 Å². The van der Waals surface area contributed by atoms with E-state index in [9.17, 15) is 21.6 Å². The van der Waals surface area contributed by atoms with Gasteiger partial charge in [-0.1, -0.05) is 28.1 Å². The summed E-state index contributed by atoms with van der Waals surface area (Å²) in [7, 11) is -3.96. The molecule has 39 heavy (non-hydrogen) atoms. The number of hydrogen-bond acceptors (Lipinski definition) is 6. The molecule has 0 spiro atoms. The Hall–Kier alpha value is -1.79. The third kappa shape index (κ3) is 5.98. The summed E-state index contributed by atoms with van der Waals surface area (Å²) in [5, 5.41) is 3.19. The van der Waals surface area contributed by atoms with Crippen molar-refractivity contribution in [2.75, 3.05) is 26.2 Å². The number of hydrogen-bond donors (Lipinski definition) is 0. The molecule has 1 aliphatic heterocycles. The number of aryl methyl sites for hydroxylation is 1. The molecule has 3 aromatic rings. The van der Waals surface area contributed by atoms with Crippen molar-refractivity contribution in [2.45, 2.75) is 61.0 Å². The van der Waals surface area contributed by atoms with E-state index in [-0.39, 0.29) is 10.9 Å². The number of piperazine rings is 1. The predicted octanol–water partition coefficient (Wildman–Crippen LogP) is 6.66. The van der Waals surface area contributed by atoms with Gasteiger partial charge in [-0.3, -0.25) is 9.80 Å². The van der Waals surface area contributed by atoms with Gasteiger partial charge in [0, 0.05) is 48.6 Å². The van der Waals surface area contributed by atoms with E-state index < -0.39 is 26.3 Å². The molecule has 5 nitrogen and oxygen atoms in total. The Bertz CT molecular complexity index is 1380. The molecule has 1 aliphatic carbocycles. The smallest absolute Gasteiger partial charge is 0.298 e. The highest BCUT2D eigenvalue weighted by atomic mass is 79.9. The topological polar surface area (TPSA) is 53.5 Å². The highest BCUT2D eigenvalue weighted by Crippen LogP contribution is 2.48. The van der Waals surface area contributed by atoms with E-state index >= 15 is 0 Å². The van der Waals surface area contributed by atoms with E-state index in [2.05, 4.69) is 36.1 Å². The molecule has 2 aliphatic rings. The fraction of sp³-hybridized carbons (Fsp3) is 0.464. The van der Waals surface area contributed by atoms with Crippen LogP contribution < -0.4 is 0 Å². The van der Waals surface area contributed by atoms with E-state index in [1.807, 2.05) is 31.2 Å². The van der Waals surface area contributed by atoms with Crippen LogP contribution in [0, 0.1) is 6.92 Å². The van der Waals surface area contributed by atoms with Gasteiger partial charge >= 0.3 is 6.18 Å². The summed E-state index contributed by atoms with van der Waals surface area (Å²) in [6.45, 7) is 6.58. The zero-order chi connectivity index (χ0) is 27.8. The Morgan fingerprint density at radius 2 is 1.62 bits per heavy atom. The number of thiazole rings is 1. The summed E-state index contributed by atoms with van der Waals surface area (Å²) < 4.78 is 67.3. The zero-order valence-corrected chi connectivity index (χ0v) is 24.8. The Morgan fingerprint density at radius 3 is 2.15 bits per heavy atom. The minimum absolute atomic E-state index is 0.0669. The van der Waals surface area contributed by atoms with Gasteiger partial charge in [-0.2, -0.15) is 13.2 Å². The Morgan fingerprint density at radius 1 is 1.00 bits per heavy atom. The Labute approximate surface area is 240 Å². The molecule has 0 radical (unpaired) electrons. The fourth-order valence-electron chi connectivity index (χ4n) is 5.95. The summed E-state index contributed by atoms with van der Waals surface area (Å²) in [5.41, 5.74) is 0.940. The van der Waals surface area contributed by atoms with Gasteiger partial charge in [0.25, 0.3) is 0 Å². The van der Waals surface area contributed by atoms with Crippen molar-refractivity contribution in [2.24, 2.45) is 0 Å². The van der Waals surface area contributed by atoms with Crippen molar-refractivity contribution < 1.29 is 21.6 Å². The van der Waals surface area contributed by atoms with Crippen molar-refractivity contribution >= 4 is 37.1 Å². The van der Waals surface area contributed by atoms with Crippen LogP contribution in [-0.4, -0.2) is 55.4 Å². The molecule has 2 fully saturated rings. The van der Waals surface area contributed by atoms with Crippen molar-refractivity contribution in [3.8, 4) is 0 Å².